The van der Waals surface area contributed by atoms with Crippen LogP contribution < -0.4 is 32.6 Å². The van der Waals surface area contributed by atoms with Crippen LogP contribution in [0.5, 0.6) is 5.75 Å². The number of carbonyl (C=O) groups excluding carboxylic acids is 1. The molecule has 0 radical (unpaired) electrons. The third-order valence-corrected chi connectivity index (χ3v) is 4.49. The van der Waals surface area contributed by atoms with E-state index in [1.807, 2.05) is 30.5 Å². The van der Waals surface area contributed by atoms with E-state index in [1.165, 1.54) is 11.6 Å². The molecule has 3 rings (SSSR count). The molecule has 1 aromatic carbocycles. The molecule has 0 aliphatic heterocycles. The number of nitrogens with zero attached hydrogens (tertiary/aromatic N) is 3. The van der Waals surface area contributed by atoms with Crippen molar-refractivity contribution in [3.05, 3.63) is 50.7 Å². The van der Waals surface area contributed by atoms with Gasteiger partial charge in [-0.2, -0.15) is 4.98 Å². The van der Waals surface area contributed by atoms with E-state index in [0.29, 0.717) is 5.75 Å². The number of aliphatic hydroxyl groups excluding tert-OH is 1. The third-order valence-electron chi connectivity index (χ3n) is 4.49. The molecule has 2 heterocycles. The number of carbonyl (C=O) groups is 1. The second kappa shape index (κ2) is 8.80. The van der Waals surface area contributed by atoms with Gasteiger partial charge >= 0.3 is 5.69 Å². The van der Waals surface area contributed by atoms with Gasteiger partial charge in [0.1, 0.15) is 18.5 Å². The van der Waals surface area contributed by atoms with Gasteiger partial charge in [0.05, 0.1) is 13.1 Å². The number of aliphatic hydroxyl groups is 1. The standard InChI is InChI=1S/C18H23N7O5/c1-10-5-3-4-6-12(10)30-9-11(26)8-25-14-15(24(2)18(29)22-16(14)28)21-17(25)20-7-13(27)23-19/h3-6,11,26H,7-9,19H2,1-2H3,(H,20,21)(H,23,27)(H,22,28,29)/t11-/m0/s1. The van der Waals surface area contributed by atoms with Crippen molar-refractivity contribution in [2.75, 3.05) is 18.5 Å². The number of para-hydroxylation sites is 1. The Kier molecular flexibility index (Phi) is 6.18. The van der Waals surface area contributed by atoms with Gasteiger partial charge in [-0.25, -0.2) is 10.6 Å². The second-order valence-corrected chi connectivity index (χ2v) is 6.69. The van der Waals surface area contributed by atoms with Gasteiger partial charge in [-0.3, -0.25) is 24.6 Å². The summed E-state index contributed by atoms with van der Waals surface area (Å²) in [5, 5.41) is 13.3. The van der Waals surface area contributed by atoms with E-state index in [-0.39, 0.29) is 36.8 Å². The summed E-state index contributed by atoms with van der Waals surface area (Å²) in [6, 6.07) is 7.37. The molecular weight excluding hydrogens is 394 g/mol. The van der Waals surface area contributed by atoms with Gasteiger partial charge in [0.15, 0.2) is 11.2 Å². The fraction of sp³-hybridized carbons (Fsp3) is 0.333. The minimum atomic E-state index is -1.01. The number of nitrogens with one attached hydrogen (secondary N) is 3. The summed E-state index contributed by atoms with van der Waals surface area (Å²) >= 11 is 0. The van der Waals surface area contributed by atoms with E-state index in [2.05, 4.69) is 15.3 Å². The molecule has 0 spiro atoms. The lowest BCUT2D eigenvalue weighted by molar-refractivity contribution is -0.119. The van der Waals surface area contributed by atoms with Gasteiger partial charge in [-0.1, -0.05) is 18.2 Å². The fourth-order valence-electron chi connectivity index (χ4n) is 2.93. The molecule has 0 bridgehead atoms. The number of rotatable bonds is 8. The summed E-state index contributed by atoms with van der Waals surface area (Å²) in [6.07, 6.45) is -1.01. The van der Waals surface area contributed by atoms with Crippen LogP contribution >= 0.6 is 0 Å². The van der Waals surface area contributed by atoms with Crippen molar-refractivity contribution in [3.63, 3.8) is 0 Å². The molecule has 1 atom stereocenters. The zero-order valence-electron chi connectivity index (χ0n) is 16.5. The number of aromatic amines is 1. The van der Waals surface area contributed by atoms with Crippen LogP contribution in [0, 0.1) is 6.92 Å². The molecular formula is C18H23N7O5. The van der Waals surface area contributed by atoms with Crippen LogP contribution in [0.2, 0.25) is 0 Å². The highest BCUT2D eigenvalue weighted by Gasteiger charge is 2.20. The highest BCUT2D eigenvalue weighted by atomic mass is 16.5. The van der Waals surface area contributed by atoms with Crippen LogP contribution in [0.4, 0.5) is 5.95 Å². The van der Waals surface area contributed by atoms with Crippen molar-refractivity contribution in [1.29, 1.82) is 0 Å². The summed E-state index contributed by atoms with van der Waals surface area (Å²) in [6.45, 7) is 1.55. The summed E-state index contributed by atoms with van der Waals surface area (Å²) in [7, 11) is 1.45. The molecule has 0 unspecified atom stereocenters. The first-order valence-electron chi connectivity index (χ1n) is 9.11. The maximum atomic E-state index is 12.4. The molecule has 0 fully saturated rings. The summed E-state index contributed by atoms with van der Waals surface area (Å²) in [5.74, 6) is 5.32. The Morgan fingerprint density at radius 1 is 1.37 bits per heavy atom. The van der Waals surface area contributed by atoms with E-state index in [1.54, 1.807) is 6.07 Å². The van der Waals surface area contributed by atoms with E-state index >= 15 is 0 Å². The molecule has 160 valence electrons. The van der Waals surface area contributed by atoms with Crippen LogP contribution in [-0.2, 0) is 18.4 Å². The van der Waals surface area contributed by atoms with Crippen molar-refractivity contribution in [2.24, 2.45) is 12.9 Å². The van der Waals surface area contributed by atoms with Crippen molar-refractivity contribution < 1.29 is 14.6 Å². The van der Waals surface area contributed by atoms with E-state index in [9.17, 15) is 19.5 Å². The summed E-state index contributed by atoms with van der Waals surface area (Å²) in [5.41, 5.74) is 1.77. The summed E-state index contributed by atoms with van der Waals surface area (Å²) < 4.78 is 8.22. The molecule has 6 N–H and O–H groups in total. The van der Waals surface area contributed by atoms with E-state index in [0.717, 1.165) is 10.1 Å². The predicted octanol–water partition coefficient (Wildman–Crippen LogP) is -1.43. The number of fused-ring (bicyclic) bond motifs is 1. The average Bonchev–Trinajstić information content (AvgIpc) is 3.08. The highest BCUT2D eigenvalue weighted by Crippen LogP contribution is 2.18. The first-order chi connectivity index (χ1) is 14.3. The summed E-state index contributed by atoms with van der Waals surface area (Å²) in [4.78, 5) is 42.2. The number of benzene rings is 1. The van der Waals surface area contributed by atoms with Crippen LogP contribution in [0.15, 0.2) is 33.9 Å². The van der Waals surface area contributed by atoms with Gasteiger partial charge in [0.2, 0.25) is 5.95 Å². The molecule has 0 saturated heterocycles. The zero-order chi connectivity index (χ0) is 21.8. The number of nitrogens with two attached hydrogens (primary N) is 1. The number of imidazole rings is 1. The zero-order valence-corrected chi connectivity index (χ0v) is 16.5. The van der Waals surface area contributed by atoms with Gasteiger partial charge in [-0.05, 0) is 18.6 Å². The Morgan fingerprint density at radius 3 is 2.80 bits per heavy atom. The van der Waals surface area contributed by atoms with Gasteiger partial charge in [0, 0.05) is 7.05 Å². The molecule has 3 aromatic rings. The third kappa shape index (κ3) is 4.34. The number of aryl methyl sites for hydroxylation is 2. The molecule has 30 heavy (non-hydrogen) atoms. The number of hydrazine groups is 1. The molecule has 2 aromatic heterocycles. The van der Waals surface area contributed by atoms with Gasteiger partial charge in [-0.15, -0.1) is 0 Å². The number of hydrogen-bond acceptors (Lipinski definition) is 8. The monoisotopic (exact) mass is 417 g/mol. The SMILES string of the molecule is Cc1ccccc1OC[C@@H](O)Cn1c(NCC(=O)NN)nc2c1c(=O)[nH]c(=O)n2C. The molecule has 0 saturated carbocycles. The van der Waals surface area contributed by atoms with E-state index in [4.69, 9.17) is 10.6 Å². The number of ether oxygens (including phenoxy) is 1. The molecule has 12 nitrogen and oxygen atoms in total. The van der Waals surface area contributed by atoms with Crippen LogP contribution in [0.1, 0.15) is 5.56 Å². The van der Waals surface area contributed by atoms with Gasteiger partial charge in [0.25, 0.3) is 11.5 Å². The number of anilines is 1. The van der Waals surface area contributed by atoms with Crippen molar-refractivity contribution in [2.45, 2.75) is 19.6 Å². The lowest BCUT2D eigenvalue weighted by atomic mass is 10.2. The molecule has 0 aliphatic rings. The van der Waals surface area contributed by atoms with Crippen molar-refractivity contribution in [1.82, 2.24) is 24.5 Å². The maximum absolute atomic E-state index is 12.4. The van der Waals surface area contributed by atoms with Crippen molar-refractivity contribution in [3.8, 4) is 5.75 Å². The smallest absolute Gasteiger partial charge is 0.329 e. The quantitative estimate of drug-likeness (QED) is 0.169. The number of amides is 1. The van der Waals surface area contributed by atoms with Crippen LogP contribution in [0.25, 0.3) is 11.2 Å². The second-order valence-electron chi connectivity index (χ2n) is 6.69. The fourth-order valence-corrected chi connectivity index (χ4v) is 2.93. The average molecular weight is 417 g/mol. The Balaban J connectivity index is 1.90. The Hall–Kier alpha value is -3.64. The minimum absolute atomic E-state index is 0.0447. The molecule has 1 amide bonds. The van der Waals surface area contributed by atoms with E-state index < -0.39 is 23.3 Å². The lowest BCUT2D eigenvalue weighted by Gasteiger charge is -2.16. The topological polar surface area (TPSA) is 169 Å². The Morgan fingerprint density at radius 2 is 2.10 bits per heavy atom. The first-order valence-corrected chi connectivity index (χ1v) is 9.11. The largest absolute Gasteiger partial charge is 0.491 e. The Bertz CT molecular complexity index is 1180. The molecule has 0 aliphatic carbocycles. The normalized spacial score (nSPS) is 12.0. The maximum Gasteiger partial charge on any atom is 0.329 e. The molecule has 12 heteroatoms. The van der Waals surface area contributed by atoms with Crippen LogP contribution in [-0.4, -0.2) is 49.4 Å². The number of H-pyrrole nitrogens is 1. The predicted molar refractivity (Wildman–Crippen MR) is 109 cm³/mol. The van der Waals surface area contributed by atoms with Crippen molar-refractivity contribution >= 4 is 23.0 Å². The Labute approximate surface area is 170 Å². The number of aromatic nitrogens is 4. The van der Waals surface area contributed by atoms with Crippen LogP contribution in [0.3, 0.4) is 0 Å². The number of hydrogen-bond donors (Lipinski definition) is 5. The minimum Gasteiger partial charge on any atom is -0.491 e. The lowest BCUT2D eigenvalue weighted by Crippen LogP contribution is -2.35. The highest BCUT2D eigenvalue weighted by molar-refractivity contribution is 5.81. The first kappa shape index (κ1) is 21.1. The van der Waals surface area contributed by atoms with Gasteiger partial charge < -0.3 is 19.7 Å².